The van der Waals surface area contributed by atoms with Crippen molar-refractivity contribution in [2.45, 2.75) is 26.7 Å². The Balaban J connectivity index is 0.00000274. The third-order valence-electron chi connectivity index (χ3n) is 6.11. The zero-order valence-electron chi connectivity index (χ0n) is 18.4. The molecule has 4 aromatic rings. The van der Waals surface area contributed by atoms with Crippen molar-refractivity contribution in [1.82, 2.24) is 14.4 Å². The van der Waals surface area contributed by atoms with Gasteiger partial charge in [-0.1, -0.05) is 13.5 Å². The second-order valence-electron chi connectivity index (χ2n) is 8.08. The van der Waals surface area contributed by atoms with Crippen molar-refractivity contribution in [3.8, 4) is 22.8 Å². The summed E-state index contributed by atoms with van der Waals surface area (Å²) in [5.41, 5.74) is 5.56. The Hall–Kier alpha value is -4.07. The molecule has 2 aromatic carbocycles. The van der Waals surface area contributed by atoms with E-state index in [2.05, 4.69) is 16.4 Å². The van der Waals surface area contributed by atoms with E-state index in [1.54, 1.807) is 20.4 Å². The molecule has 0 spiro atoms. The number of hydrogen-bond acceptors (Lipinski definition) is 6. The highest BCUT2D eigenvalue weighted by Gasteiger charge is 2.24. The lowest BCUT2D eigenvalue weighted by Crippen LogP contribution is -2.22. The van der Waals surface area contributed by atoms with Gasteiger partial charge >= 0.3 is 5.97 Å². The average Bonchev–Trinajstić information content (AvgIpc) is 3.32. The first-order valence-corrected chi connectivity index (χ1v) is 10.7. The van der Waals surface area contributed by atoms with Gasteiger partial charge in [0.05, 0.1) is 25.8 Å². The molecule has 1 unspecified atom stereocenters. The number of nitrogens with zero attached hydrogens (tertiary/aromatic N) is 3. The van der Waals surface area contributed by atoms with Gasteiger partial charge < -0.3 is 19.9 Å². The molecule has 1 atom stereocenters. The van der Waals surface area contributed by atoms with Gasteiger partial charge in [0.15, 0.2) is 11.5 Å². The third-order valence-corrected chi connectivity index (χ3v) is 6.11. The van der Waals surface area contributed by atoms with E-state index in [0.717, 1.165) is 34.6 Å². The van der Waals surface area contributed by atoms with Crippen LogP contribution < -0.4 is 14.8 Å². The van der Waals surface area contributed by atoms with Crippen LogP contribution in [0.25, 0.3) is 16.9 Å². The fraction of sp³-hybridized carbons (Fsp3) is 0.269. The molecule has 2 N–H and O–H groups in total. The predicted molar refractivity (Wildman–Crippen MR) is 131 cm³/mol. The summed E-state index contributed by atoms with van der Waals surface area (Å²) in [4.78, 5) is 20.7. The number of hydrogen-bond donors (Lipinski definition) is 2. The maximum atomic E-state index is 11.4. The molecule has 1 aliphatic carbocycles. The number of carboxylic acids is 1. The van der Waals surface area contributed by atoms with Crippen LogP contribution >= 0.6 is 0 Å². The summed E-state index contributed by atoms with van der Waals surface area (Å²) in [6, 6.07) is 13.7. The molecule has 1 aliphatic rings. The fourth-order valence-corrected chi connectivity index (χ4v) is 4.33. The number of anilines is 2. The average molecular weight is 461 g/mol. The molecule has 34 heavy (non-hydrogen) atoms. The van der Waals surface area contributed by atoms with E-state index in [4.69, 9.17) is 14.5 Å². The Kier molecular flexibility index (Phi) is 6.40. The molecule has 0 amide bonds. The minimum Gasteiger partial charge on any atom is -0.493 e. The molecule has 176 valence electrons. The Bertz CT molecular complexity index is 1350. The van der Waals surface area contributed by atoms with E-state index in [1.807, 2.05) is 47.0 Å². The summed E-state index contributed by atoms with van der Waals surface area (Å²) in [5, 5.41) is 12.7. The zero-order valence-corrected chi connectivity index (χ0v) is 18.4. The first-order chi connectivity index (χ1) is 16.1. The molecule has 0 bridgehead atoms. The molecule has 0 saturated heterocycles. The summed E-state index contributed by atoms with van der Waals surface area (Å²) in [6.07, 6.45) is 5.58. The minimum absolute atomic E-state index is 0. The number of aromatic nitrogens is 3. The lowest BCUT2D eigenvalue weighted by molar-refractivity contribution is -0.142. The highest BCUT2D eigenvalue weighted by Crippen LogP contribution is 2.33. The van der Waals surface area contributed by atoms with Crippen molar-refractivity contribution in [2.75, 3.05) is 19.5 Å². The van der Waals surface area contributed by atoms with Gasteiger partial charge in [0.2, 0.25) is 5.95 Å². The van der Waals surface area contributed by atoms with Crippen LogP contribution in [-0.4, -0.2) is 39.7 Å². The molecular formula is C26H28N4O4. The van der Waals surface area contributed by atoms with Crippen molar-refractivity contribution in [1.29, 1.82) is 0 Å². The van der Waals surface area contributed by atoms with Gasteiger partial charge in [0.1, 0.15) is 5.65 Å². The largest absolute Gasteiger partial charge is 0.493 e. The summed E-state index contributed by atoms with van der Waals surface area (Å²) < 4.78 is 12.7. The van der Waals surface area contributed by atoms with E-state index in [1.165, 1.54) is 5.56 Å². The van der Waals surface area contributed by atoms with Crippen molar-refractivity contribution >= 4 is 23.3 Å². The first-order valence-electron chi connectivity index (χ1n) is 10.7. The third kappa shape index (κ3) is 4.26. The monoisotopic (exact) mass is 460 g/mol. The highest BCUT2D eigenvalue weighted by molar-refractivity contribution is 5.72. The summed E-state index contributed by atoms with van der Waals surface area (Å²) >= 11 is 0. The number of ether oxygens (including phenoxy) is 2. The Labute approximate surface area is 198 Å². The number of nitrogens with one attached hydrogen (secondary N) is 1. The lowest BCUT2D eigenvalue weighted by Gasteiger charge is -2.22. The Morgan fingerprint density at radius 2 is 1.91 bits per heavy atom. The van der Waals surface area contributed by atoms with Gasteiger partial charge in [-0.3, -0.25) is 9.20 Å². The van der Waals surface area contributed by atoms with Crippen LogP contribution in [0.1, 0.15) is 25.0 Å². The fourth-order valence-electron chi connectivity index (χ4n) is 4.33. The Morgan fingerprint density at radius 3 is 2.68 bits per heavy atom. The maximum absolute atomic E-state index is 11.4. The minimum atomic E-state index is -0.721. The van der Waals surface area contributed by atoms with E-state index < -0.39 is 5.97 Å². The van der Waals surface area contributed by atoms with Gasteiger partial charge in [-0.15, -0.1) is 0 Å². The molecule has 0 fully saturated rings. The van der Waals surface area contributed by atoms with Crippen molar-refractivity contribution < 1.29 is 19.4 Å². The number of imidazole rings is 1. The standard InChI is InChI=1S/C25H24N4O4.CH4/c1-32-21-8-6-17(13-22(21)33-2)20-14-23-26-9-10-29(23)25(28-20)27-19-7-5-15-11-18(24(30)31)4-3-16(15)12-19;/h5-10,12-14,18H,3-4,11H2,1-2H3,(H,27,28)(H,30,31);1H4. The van der Waals surface area contributed by atoms with Gasteiger partial charge in [-0.05, 0) is 60.7 Å². The number of aliphatic carboxylic acids is 1. The van der Waals surface area contributed by atoms with Crippen LogP contribution in [0.4, 0.5) is 11.6 Å². The molecule has 2 heterocycles. The van der Waals surface area contributed by atoms with E-state index in [0.29, 0.717) is 30.3 Å². The van der Waals surface area contributed by atoms with Gasteiger partial charge in [0.25, 0.3) is 0 Å². The van der Waals surface area contributed by atoms with Gasteiger partial charge in [0, 0.05) is 29.7 Å². The second-order valence-corrected chi connectivity index (χ2v) is 8.08. The van der Waals surface area contributed by atoms with Crippen molar-refractivity contribution in [2.24, 2.45) is 5.92 Å². The molecule has 0 saturated carbocycles. The molecule has 0 aliphatic heterocycles. The topological polar surface area (TPSA) is 98.0 Å². The molecule has 0 radical (unpaired) electrons. The normalized spacial score (nSPS) is 14.7. The van der Waals surface area contributed by atoms with Crippen molar-refractivity contribution in [3.05, 3.63) is 66.0 Å². The highest BCUT2D eigenvalue weighted by atomic mass is 16.5. The zero-order chi connectivity index (χ0) is 22.9. The smallest absolute Gasteiger partial charge is 0.306 e. The number of fused-ring (bicyclic) bond motifs is 2. The first kappa shape index (κ1) is 23.1. The van der Waals surface area contributed by atoms with Gasteiger partial charge in [-0.25, -0.2) is 9.97 Å². The predicted octanol–water partition coefficient (Wildman–Crippen LogP) is 4.98. The van der Waals surface area contributed by atoms with Gasteiger partial charge in [-0.2, -0.15) is 0 Å². The van der Waals surface area contributed by atoms with Crippen LogP contribution in [0.2, 0.25) is 0 Å². The number of aryl methyl sites for hydroxylation is 1. The second kappa shape index (κ2) is 9.43. The summed E-state index contributed by atoms with van der Waals surface area (Å²) in [6.45, 7) is 0. The van der Waals surface area contributed by atoms with Crippen LogP contribution in [0, 0.1) is 5.92 Å². The Morgan fingerprint density at radius 1 is 1.09 bits per heavy atom. The summed E-state index contributed by atoms with van der Waals surface area (Å²) in [7, 11) is 3.21. The molecular weight excluding hydrogens is 432 g/mol. The lowest BCUT2D eigenvalue weighted by atomic mass is 9.84. The molecule has 8 heteroatoms. The van der Waals surface area contributed by atoms with Crippen LogP contribution in [0.3, 0.4) is 0 Å². The molecule has 8 nitrogen and oxygen atoms in total. The summed E-state index contributed by atoms with van der Waals surface area (Å²) in [5.74, 6) is 0.891. The van der Waals surface area contributed by atoms with Crippen LogP contribution in [0.15, 0.2) is 54.9 Å². The SMILES string of the molecule is C.COc1ccc(-c2cc3nccn3c(Nc3ccc4c(c3)CCC(C(=O)O)C4)n2)cc1OC. The van der Waals surface area contributed by atoms with Crippen LogP contribution in [-0.2, 0) is 17.6 Å². The molecule has 5 rings (SSSR count). The van der Waals surface area contributed by atoms with E-state index in [-0.39, 0.29) is 13.3 Å². The van der Waals surface area contributed by atoms with E-state index >= 15 is 0 Å². The number of carboxylic acid groups (broad SMARTS) is 1. The number of rotatable bonds is 6. The number of benzene rings is 2. The molecule has 2 aromatic heterocycles. The van der Waals surface area contributed by atoms with Crippen LogP contribution in [0.5, 0.6) is 11.5 Å². The van der Waals surface area contributed by atoms with Crippen molar-refractivity contribution in [3.63, 3.8) is 0 Å². The maximum Gasteiger partial charge on any atom is 0.306 e. The number of methoxy groups -OCH3 is 2. The number of carbonyl (C=O) groups is 1. The van der Waals surface area contributed by atoms with E-state index in [9.17, 15) is 9.90 Å². The quantitative estimate of drug-likeness (QED) is 0.419.